The first-order valence-corrected chi connectivity index (χ1v) is 15.9. The van der Waals surface area contributed by atoms with Crippen LogP contribution in [0.2, 0.25) is 0 Å². The molecule has 1 aliphatic rings. The molecular formula is C30H39F2N7O6S. The van der Waals surface area contributed by atoms with Gasteiger partial charge in [-0.1, -0.05) is 0 Å². The van der Waals surface area contributed by atoms with Crippen molar-refractivity contribution in [3.05, 3.63) is 64.9 Å². The van der Waals surface area contributed by atoms with Crippen LogP contribution in [-0.4, -0.2) is 107 Å². The van der Waals surface area contributed by atoms with Gasteiger partial charge in [0, 0.05) is 75.8 Å². The fourth-order valence-corrected chi connectivity index (χ4v) is 6.46. The third-order valence-electron chi connectivity index (χ3n) is 7.81. The molecule has 1 aliphatic heterocycles. The second-order valence-corrected chi connectivity index (χ2v) is 13.1. The number of hydrogen-bond donors (Lipinski definition) is 2. The number of benzene rings is 2. The predicted octanol–water partition coefficient (Wildman–Crippen LogP) is 3.22. The van der Waals surface area contributed by atoms with Crippen LogP contribution < -0.4 is 15.5 Å². The van der Waals surface area contributed by atoms with Gasteiger partial charge in [0.05, 0.1) is 29.9 Å². The molecule has 0 aliphatic carbocycles. The van der Waals surface area contributed by atoms with Crippen molar-refractivity contribution in [1.29, 1.82) is 0 Å². The van der Waals surface area contributed by atoms with Crippen LogP contribution in [0.4, 0.5) is 30.8 Å². The third kappa shape index (κ3) is 7.63. The van der Waals surface area contributed by atoms with E-state index in [2.05, 4.69) is 32.5 Å². The van der Waals surface area contributed by atoms with Gasteiger partial charge >= 0.3 is 6.09 Å². The highest BCUT2D eigenvalue weighted by molar-refractivity contribution is 7.89. The van der Waals surface area contributed by atoms with Gasteiger partial charge in [-0.05, 0) is 51.4 Å². The molecule has 0 fully saturated rings. The maximum atomic E-state index is 13.9. The van der Waals surface area contributed by atoms with Crippen LogP contribution in [0.15, 0.2) is 41.3 Å². The summed E-state index contributed by atoms with van der Waals surface area (Å²) >= 11 is 0. The fourth-order valence-electron chi connectivity index (χ4n) is 5.01. The maximum absolute atomic E-state index is 13.9. The van der Waals surface area contributed by atoms with Crippen LogP contribution in [-0.2, 0) is 32.5 Å². The molecule has 13 nitrogen and oxygen atoms in total. The van der Waals surface area contributed by atoms with Crippen LogP contribution in [0.1, 0.15) is 28.5 Å². The Morgan fingerprint density at radius 3 is 2.41 bits per heavy atom. The van der Waals surface area contributed by atoms with E-state index in [1.165, 1.54) is 7.11 Å². The Morgan fingerprint density at radius 1 is 1.09 bits per heavy atom. The average Bonchev–Trinajstić information content (AvgIpc) is 3.37. The molecule has 46 heavy (non-hydrogen) atoms. The van der Waals surface area contributed by atoms with E-state index in [-0.39, 0.29) is 42.5 Å². The Balaban J connectivity index is 1.67. The highest BCUT2D eigenvalue weighted by Gasteiger charge is 2.35. The number of carbonyl (C=O) groups is 2. The molecule has 0 saturated heterocycles. The summed E-state index contributed by atoms with van der Waals surface area (Å²) in [6.07, 6.45) is -0.817. The van der Waals surface area contributed by atoms with E-state index in [0.29, 0.717) is 30.6 Å². The van der Waals surface area contributed by atoms with Gasteiger partial charge in [-0.3, -0.25) is 4.79 Å². The molecule has 0 bridgehead atoms. The molecule has 2 N–H and O–H groups in total. The minimum absolute atomic E-state index is 0.0144. The molecule has 0 saturated carbocycles. The largest absolute Gasteiger partial charge is 0.451 e. The number of aromatic nitrogens is 2. The second-order valence-electron chi connectivity index (χ2n) is 11.1. The Morgan fingerprint density at radius 2 is 1.78 bits per heavy atom. The Bertz CT molecular complexity index is 1680. The Labute approximate surface area is 267 Å². The summed E-state index contributed by atoms with van der Waals surface area (Å²) in [5.74, 6) is -2.70. The van der Waals surface area contributed by atoms with Crippen LogP contribution in [0.5, 0.6) is 0 Å². The molecule has 250 valence electrons. The number of ether oxygens (including phenoxy) is 2. The SMILES string of the molecule is COCCNc1cc(N(C)CC(C)N(C)C)ccc1C(=O)Nc1nn(C(=O)OC)c2c1CN(S(=O)(=O)c1cc(F)cc(F)c1)CC2. The average molecular weight is 664 g/mol. The number of amides is 1. The van der Waals surface area contributed by atoms with Gasteiger partial charge in [0.25, 0.3) is 5.91 Å². The monoisotopic (exact) mass is 663 g/mol. The first kappa shape index (κ1) is 34.7. The van der Waals surface area contributed by atoms with E-state index in [1.807, 2.05) is 33.3 Å². The molecule has 0 radical (unpaired) electrons. The van der Waals surface area contributed by atoms with E-state index < -0.39 is 38.6 Å². The quantitative estimate of drug-likeness (QED) is 0.278. The number of likely N-dealkylation sites (N-methyl/N-ethyl adjacent to an activating group) is 2. The van der Waals surface area contributed by atoms with Crippen molar-refractivity contribution in [1.82, 2.24) is 19.0 Å². The lowest BCUT2D eigenvalue weighted by molar-refractivity contribution is 0.102. The van der Waals surface area contributed by atoms with E-state index in [0.717, 1.165) is 33.4 Å². The number of carbonyl (C=O) groups excluding carboxylic acids is 2. The summed E-state index contributed by atoms with van der Waals surface area (Å²) in [7, 11) is 4.34. The molecule has 1 unspecified atom stereocenters. The minimum Gasteiger partial charge on any atom is -0.451 e. The number of fused-ring (bicyclic) bond motifs is 1. The van der Waals surface area contributed by atoms with Crippen LogP contribution in [0, 0.1) is 11.6 Å². The van der Waals surface area contributed by atoms with Gasteiger partial charge in [-0.15, -0.1) is 5.10 Å². The minimum atomic E-state index is -4.35. The lowest BCUT2D eigenvalue weighted by Crippen LogP contribution is -2.37. The van der Waals surface area contributed by atoms with Crippen LogP contribution in [0.3, 0.4) is 0 Å². The van der Waals surface area contributed by atoms with Gasteiger partial charge in [0.15, 0.2) is 5.82 Å². The van der Waals surface area contributed by atoms with Crippen molar-refractivity contribution in [2.75, 3.05) is 77.1 Å². The van der Waals surface area contributed by atoms with Crippen molar-refractivity contribution < 1.29 is 36.3 Å². The fraction of sp³-hybridized carbons (Fsp3) is 0.433. The highest BCUT2D eigenvalue weighted by atomic mass is 32.2. The summed E-state index contributed by atoms with van der Waals surface area (Å²) in [5, 5.41) is 10.2. The number of nitrogens with one attached hydrogen (secondary N) is 2. The topological polar surface area (TPSA) is 138 Å². The van der Waals surface area contributed by atoms with E-state index >= 15 is 0 Å². The molecule has 2 heterocycles. The summed E-state index contributed by atoms with van der Waals surface area (Å²) in [6.45, 7) is 3.20. The molecule has 3 aromatic rings. The number of anilines is 3. The standard InChI is InChI=1S/C30H39F2N7O6S/c1-19(36(2)3)17-37(4)22-7-8-24(26(16-22)33-10-12-44-5)29(40)34-28-25-18-38(11-9-27(25)39(35-28)30(41)45-6)46(42,43)23-14-20(31)13-21(32)15-23/h7-8,13-16,19,33H,9-12,17-18H2,1-6H3,(H,34,35,40). The summed E-state index contributed by atoms with van der Waals surface area (Å²) < 4.78 is 66.6. The first-order chi connectivity index (χ1) is 21.8. The number of halogens is 2. The summed E-state index contributed by atoms with van der Waals surface area (Å²) in [6, 6.07) is 7.63. The smallest absolute Gasteiger partial charge is 0.434 e. The molecule has 16 heteroatoms. The van der Waals surface area contributed by atoms with Crippen molar-refractivity contribution in [3.63, 3.8) is 0 Å². The van der Waals surface area contributed by atoms with Crippen LogP contribution in [0.25, 0.3) is 0 Å². The third-order valence-corrected chi connectivity index (χ3v) is 9.63. The van der Waals surface area contributed by atoms with E-state index in [1.54, 1.807) is 13.2 Å². The first-order valence-electron chi connectivity index (χ1n) is 14.5. The van der Waals surface area contributed by atoms with Crippen molar-refractivity contribution in [3.8, 4) is 0 Å². The number of nitrogens with zero attached hydrogens (tertiary/aromatic N) is 5. The molecular weight excluding hydrogens is 624 g/mol. The summed E-state index contributed by atoms with van der Waals surface area (Å²) in [4.78, 5) is 29.9. The normalized spacial score (nSPS) is 14.1. The zero-order chi connectivity index (χ0) is 33.8. The van der Waals surface area contributed by atoms with Gasteiger partial charge in [-0.25, -0.2) is 22.0 Å². The predicted molar refractivity (Wildman–Crippen MR) is 169 cm³/mol. The van der Waals surface area contributed by atoms with Crippen molar-refractivity contribution >= 4 is 39.2 Å². The Kier molecular flexibility index (Phi) is 11.0. The van der Waals surface area contributed by atoms with Gasteiger partial charge in [0.1, 0.15) is 11.6 Å². The molecule has 2 aromatic carbocycles. The second kappa shape index (κ2) is 14.5. The molecule has 1 atom stereocenters. The van der Waals surface area contributed by atoms with E-state index in [9.17, 15) is 26.8 Å². The zero-order valence-electron chi connectivity index (χ0n) is 26.6. The maximum Gasteiger partial charge on any atom is 0.434 e. The van der Waals surface area contributed by atoms with Crippen molar-refractivity contribution in [2.45, 2.75) is 30.8 Å². The number of methoxy groups -OCH3 is 2. The molecule has 1 aromatic heterocycles. The lowest BCUT2D eigenvalue weighted by Gasteiger charge is -2.28. The highest BCUT2D eigenvalue weighted by Crippen LogP contribution is 2.32. The van der Waals surface area contributed by atoms with Crippen molar-refractivity contribution in [2.24, 2.45) is 0 Å². The molecule has 0 spiro atoms. The molecule has 1 amide bonds. The van der Waals surface area contributed by atoms with Gasteiger partial charge in [-0.2, -0.15) is 8.99 Å². The number of rotatable bonds is 12. The lowest BCUT2D eigenvalue weighted by atomic mass is 10.1. The number of sulfonamides is 1. The Hall–Kier alpha value is -4.12. The van der Waals surface area contributed by atoms with Gasteiger partial charge in [0.2, 0.25) is 10.0 Å². The summed E-state index contributed by atoms with van der Waals surface area (Å²) in [5.41, 5.74) is 2.24. The van der Waals surface area contributed by atoms with Gasteiger partial charge < -0.3 is 29.9 Å². The molecule has 4 rings (SSSR count). The zero-order valence-corrected chi connectivity index (χ0v) is 27.5. The van der Waals surface area contributed by atoms with E-state index in [4.69, 9.17) is 9.47 Å². The number of hydrogen-bond acceptors (Lipinski definition) is 10. The van der Waals surface area contributed by atoms with Crippen LogP contribution >= 0.6 is 0 Å².